The fourth-order valence-corrected chi connectivity index (χ4v) is 4.79. The molecule has 11 heteroatoms. The van der Waals surface area contributed by atoms with Gasteiger partial charge in [0, 0.05) is 34.6 Å². The van der Waals surface area contributed by atoms with Gasteiger partial charge in [-0.25, -0.2) is 4.98 Å². The van der Waals surface area contributed by atoms with E-state index in [4.69, 9.17) is 23.2 Å². The van der Waals surface area contributed by atoms with Gasteiger partial charge in [0.15, 0.2) is 5.15 Å². The second kappa shape index (κ2) is 8.19. The smallest absolute Gasteiger partial charge is 0.252 e. The summed E-state index contributed by atoms with van der Waals surface area (Å²) in [5.41, 5.74) is 4.28. The summed E-state index contributed by atoms with van der Waals surface area (Å²) in [5.74, 6) is 0.625. The fraction of sp³-hybridized carbons (Fsp3) is 0.130. The average Bonchev–Trinajstić information content (AvgIpc) is 3.59. The summed E-state index contributed by atoms with van der Waals surface area (Å²) in [7, 11) is 0. The number of aromatic nitrogens is 8. The van der Waals surface area contributed by atoms with E-state index in [0.717, 1.165) is 22.5 Å². The normalized spacial score (nSPS) is 14.9. The third-order valence-corrected chi connectivity index (χ3v) is 6.37. The molecule has 34 heavy (non-hydrogen) atoms. The molecular formula is C23H15Cl2N8O. The van der Waals surface area contributed by atoms with Gasteiger partial charge in [-0.3, -0.25) is 9.78 Å². The molecule has 9 nitrogen and oxygen atoms in total. The van der Waals surface area contributed by atoms with Crippen molar-refractivity contribution in [3.8, 4) is 28.2 Å². The Hall–Kier alpha value is -3.82. The predicted molar refractivity (Wildman–Crippen MR) is 126 cm³/mol. The number of nitrogens with one attached hydrogen (secondary N) is 1. The first kappa shape index (κ1) is 20.8. The quantitative estimate of drug-likeness (QED) is 0.409. The minimum atomic E-state index is -0.253. The summed E-state index contributed by atoms with van der Waals surface area (Å²) in [6.45, 7) is 0. The van der Waals surface area contributed by atoms with E-state index in [1.54, 1.807) is 45.8 Å². The molecule has 0 spiro atoms. The van der Waals surface area contributed by atoms with Gasteiger partial charge in [0.25, 0.3) is 5.56 Å². The van der Waals surface area contributed by atoms with Gasteiger partial charge in [0.2, 0.25) is 0 Å². The molecule has 0 unspecified atom stereocenters. The van der Waals surface area contributed by atoms with Crippen molar-refractivity contribution >= 4 is 23.2 Å². The van der Waals surface area contributed by atoms with Crippen LogP contribution in [0.2, 0.25) is 10.2 Å². The summed E-state index contributed by atoms with van der Waals surface area (Å²) in [6, 6.07) is 15.2. The minimum Gasteiger partial charge on any atom is -0.338 e. The highest BCUT2D eigenvalue weighted by molar-refractivity contribution is 6.32. The number of pyridine rings is 2. The number of halogens is 2. The predicted octanol–water partition coefficient (Wildman–Crippen LogP) is 3.92. The van der Waals surface area contributed by atoms with Crippen LogP contribution in [0.1, 0.15) is 24.0 Å². The van der Waals surface area contributed by atoms with Gasteiger partial charge in [0.05, 0.1) is 17.4 Å². The lowest BCUT2D eigenvalue weighted by molar-refractivity contribution is 0.572. The van der Waals surface area contributed by atoms with E-state index >= 15 is 0 Å². The van der Waals surface area contributed by atoms with Crippen molar-refractivity contribution < 1.29 is 0 Å². The van der Waals surface area contributed by atoms with Crippen LogP contribution in [0, 0.1) is 6.07 Å². The van der Waals surface area contributed by atoms with Crippen molar-refractivity contribution in [1.82, 2.24) is 39.7 Å². The maximum atomic E-state index is 13.3. The van der Waals surface area contributed by atoms with Gasteiger partial charge in [-0.05, 0) is 59.2 Å². The number of imidazole rings is 1. The van der Waals surface area contributed by atoms with Crippen LogP contribution in [0.15, 0.2) is 59.8 Å². The number of aryl methyl sites for hydroxylation is 1. The Labute approximate surface area is 203 Å². The molecule has 167 valence electrons. The summed E-state index contributed by atoms with van der Waals surface area (Å²) >= 11 is 12.7. The van der Waals surface area contributed by atoms with Crippen molar-refractivity contribution in [1.29, 1.82) is 0 Å². The number of hydrogen-bond acceptors (Lipinski definition) is 6. The molecule has 0 bridgehead atoms. The third kappa shape index (κ3) is 3.49. The van der Waals surface area contributed by atoms with Crippen molar-refractivity contribution in [3.05, 3.63) is 93.1 Å². The SMILES string of the molecule is O=c1cc(-c2cc(Cl)ccc2-n2cnnn2)cc2n1[C@H](c1nc(Cl)c(-c3cc[c]cn3)[nH]1)CC2. The van der Waals surface area contributed by atoms with Crippen molar-refractivity contribution in [2.75, 3.05) is 0 Å². The first-order chi connectivity index (χ1) is 16.6. The van der Waals surface area contributed by atoms with Crippen LogP contribution in [-0.2, 0) is 6.42 Å². The number of aromatic amines is 1. The largest absolute Gasteiger partial charge is 0.338 e. The highest BCUT2D eigenvalue weighted by Crippen LogP contribution is 2.35. The molecule has 1 radical (unpaired) electrons. The Kier molecular flexibility index (Phi) is 5.00. The Morgan fingerprint density at radius 3 is 2.85 bits per heavy atom. The second-order valence-electron chi connectivity index (χ2n) is 7.85. The molecule has 0 amide bonds. The molecule has 0 saturated carbocycles. The van der Waals surface area contributed by atoms with Crippen molar-refractivity contribution in [3.63, 3.8) is 0 Å². The topological polar surface area (TPSA) is 107 Å². The first-order valence-electron chi connectivity index (χ1n) is 10.4. The van der Waals surface area contributed by atoms with Crippen LogP contribution in [0.25, 0.3) is 28.2 Å². The molecule has 6 rings (SSSR count). The summed E-state index contributed by atoms with van der Waals surface area (Å²) in [4.78, 5) is 25.4. The number of nitrogens with zero attached hydrogens (tertiary/aromatic N) is 7. The molecule has 1 aliphatic heterocycles. The molecule has 1 N–H and O–H groups in total. The van der Waals surface area contributed by atoms with E-state index in [1.807, 2.05) is 12.1 Å². The number of benzene rings is 1. The standard InChI is InChI=1S/C23H15Cl2N8O/c24-14-4-6-18(32-12-27-30-31-32)16(11-14)13-9-15-5-7-19(33(15)20(34)10-13)23-28-21(22(25)29-23)17-3-1-2-8-26-17/h1,3-4,6,8-12,19H,5,7H2,(H,28,29)/t19-/m0/s1. The number of rotatable bonds is 4. The van der Waals surface area contributed by atoms with Crippen molar-refractivity contribution in [2.24, 2.45) is 0 Å². The summed E-state index contributed by atoms with van der Waals surface area (Å²) in [6.07, 6.45) is 4.50. The van der Waals surface area contributed by atoms with Crippen LogP contribution in [0.5, 0.6) is 0 Å². The molecule has 4 aromatic heterocycles. The highest BCUT2D eigenvalue weighted by Gasteiger charge is 2.29. The van der Waals surface area contributed by atoms with E-state index in [1.165, 1.54) is 6.33 Å². The van der Waals surface area contributed by atoms with Gasteiger partial charge in [-0.2, -0.15) is 4.68 Å². The second-order valence-corrected chi connectivity index (χ2v) is 8.64. The average molecular weight is 490 g/mol. The van der Waals surface area contributed by atoms with Crippen LogP contribution in [0.3, 0.4) is 0 Å². The zero-order valence-corrected chi connectivity index (χ0v) is 19.0. The first-order valence-corrected chi connectivity index (χ1v) is 11.2. The lowest BCUT2D eigenvalue weighted by Gasteiger charge is -2.15. The van der Waals surface area contributed by atoms with Crippen LogP contribution in [0.4, 0.5) is 0 Å². The van der Waals surface area contributed by atoms with E-state index in [0.29, 0.717) is 40.2 Å². The zero-order chi connectivity index (χ0) is 23.2. The van der Waals surface area contributed by atoms with Crippen molar-refractivity contribution in [2.45, 2.75) is 18.9 Å². The van der Waals surface area contributed by atoms with Gasteiger partial charge in [-0.15, -0.1) is 5.10 Å². The van der Waals surface area contributed by atoms with Crippen LogP contribution >= 0.6 is 23.2 Å². The van der Waals surface area contributed by atoms with Gasteiger partial charge in [0.1, 0.15) is 17.8 Å². The lowest BCUT2D eigenvalue weighted by atomic mass is 10.0. The zero-order valence-electron chi connectivity index (χ0n) is 17.5. The number of fused-ring (bicyclic) bond motifs is 1. The fourth-order valence-electron chi connectivity index (χ4n) is 4.38. The van der Waals surface area contributed by atoms with E-state index in [-0.39, 0.29) is 11.6 Å². The van der Waals surface area contributed by atoms with E-state index < -0.39 is 0 Å². The molecule has 5 heterocycles. The Morgan fingerprint density at radius 2 is 2.06 bits per heavy atom. The molecule has 1 aromatic carbocycles. The minimum absolute atomic E-state index is 0.140. The lowest BCUT2D eigenvalue weighted by Crippen LogP contribution is -2.24. The van der Waals surface area contributed by atoms with Crippen LogP contribution in [-0.4, -0.2) is 39.7 Å². The van der Waals surface area contributed by atoms with Gasteiger partial charge < -0.3 is 9.55 Å². The van der Waals surface area contributed by atoms with Crippen LogP contribution < -0.4 is 5.56 Å². The molecule has 0 fully saturated rings. The Balaban J connectivity index is 1.42. The molecule has 1 atom stereocenters. The van der Waals surface area contributed by atoms with E-state index in [9.17, 15) is 4.79 Å². The van der Waals surface area contributed by atoms with Gasteiger partial charge in [-0.1, -0.05) is 29.3 Å². The van der Waals surface area contributed by atoms with E-state index in [2.05, 4.69) is 36.5 Å². The molecule has 0 aliphatic carbocycles. The monoisotopic (exact) mass is 489 g/mol. The molecule has 1 aliphatic rings. The number of H-pyrrole nitrogens is 1. The summed E-state index contributed by atoms with van der Waals surface area (Å²) < 4.78 is 3.30. The molecule has 5 aromatic rings. The molecule has 0 saturated heterocycles. The Bertz CT molecular complexity index is 1560. The summed E-state index contributed by atoms with van der Waals surface area (Å²) in [5, 5.41) is 12.3. The maximum absolute atomic E-state index is 13.3. The number of hydrogen-bond donors (Lipinski definition) is 1. The number of tetrazole rings is 1. The van der Waals surface area contributed by atoms with Gasteiger partial charge >= 0.3 is 0 Å². The Morgan fingerprint density at radius 1 is 1.15 bits per heavy atom. The highest BCUT2D eigenvalue weighted by atomic mass is 35.5. The maximum Gasteiger partial charge on any atom is 0.252 e. The molecular weight excluding hydrogens is 475 g/mol. The third-order valence-electron chi connectivity index (χ3n) is 5.86.